The third-order valence-corrected chi connectivity index (χ3v) is 6.59. The highest BCUT2D eigenvalue weighted by Gasteiger charge is 2.26. The Balaban J connectivity index is 1.53. The summed E-state index contributed by atoms with van der Waals surface area (Å²) in [4.78, 5) is 22.7. The van der Waals surface area contributed by atoms with Crippen molar-refractivity contribution in [3.63, 3.8) is 0 Å². The minimum atomic E-state index is -0.134. The van der Waals surface area contributed by atoms with E-state index in [9.17, 15) is 4.79 Å². The summed E-state index contributed by atoms with van der Waals surface area (Å²) in [5.41, 5.74) is 4.84. The maximum atomic E-state index is 13.1. The van der Waals surface area contributed by atoms with E-state index in [0.717, 1.165) is 40.0 Å². The van der Waals surface area contributed by atoms with E-state index in [4.69, 9.17) is 4.42 Å². The van der Waals surface area contributed by atoms with Crippen molar-refractivity contribution in [3.05, 3.63) is 105 Å². The second kappa shape index (κ2) is 10.2. The molecule has 0 aliphatic heterocycles. The number of pyridine rings is 2. The van der Waals surface area contributed by atoms with E-state index >= 15 is 0 Å². The van der Waals surface area contributed by atoms with Gasteiger partial charge in [0.2, 0.25) is 0 Å². The van der Waals surface area contributed by atoms with Gasteiger partial charge in [0.1, 0.15) is 12.3 Å². The predicted molar refractivity (Wildman–Crippen MR) is 136 cm³/mol. The highest BCUT2D eigenvalue weighted by Crippen LogP contribution is 2.27. The van der Waals surface area contributed by atoms with Crippen LogP contribution in [0, 0.1) is 13.8 Å². The number of hydrogen-bond acceptors (Lipinski definition) is 7. The van der Waals surface area contributed by atoms with E-state index in [0.29, 0.717) is 25.2 Å². The Hall–Kier alpha value is -4.11. The number of nitrogens with one attached hydrogen (secondary N) is 1. The fourth-order valence-corrected chi connectivity index (χ4v) is 4.58. The topological polar surface area (TPSA) is 106 Å². The van der Waals surface area contributed by atoms with Gasteiger partial charge in [0.15, 0.2) is 5.82 Å². The average molecular weight is 484 g/mol. The Morgan fingerprint density at radius 2 is 1.97 bits per heavy atom. The van der Waals surface area contributed by atoms with Gasteiger partial charge in [-0.1, -0.05) is 13.0 Å². The summed E-state index contributed by atoms with van der Waals surface area (Å²) >= 11 is 0. The molecule has 0 aliphatic rings. The van der Waals surface area contributed by atoms with E-state index in [1.165, 1.54) is 5.56 Å². The van der Waals surface area contributed by atoms with Crippen LogP contribution in [0.15, 0.2) is 70.3 Å². The van der Waals surface area contributed by atoms with Crippen LogP contribution in [-0.4, -0.2) is 35.1 Å². The van der Waals surface area contributed by atoms with Crippen LogP contribution in [0.2, 0.25) is 0 Å². The molecule has 36 heavy (non-hydrogen) atoms. The summed E-state index contributed by atoms with van der Waals surface area (Å²) in [6.07, 6.45) is 6.00. The van der Waals surface area contributed by atoms with Gasteiger partial charge in [-0.3, -0.25) is 14.7 Å². The van der Waals surface area contributed by atoms with Crippen LogP contribution in [-0.2, 0) is 19.6 Å². The molecular formula is C27H29N7O2. The van der Waals surface area contributed by atoms with E-state index in [1.807, 2.05) is 42.6 Å². The van der Waals surface area contributed by atoms with Crippen LogP contribution in [0.1, 0.15) is 53.2 Å². The van der Waals surface area contributed by atoms with E-state index < -0.39 is 0 Å². The molecule has 0 radical (unpaired) electrons. The lowest BCUT2D eigenvalue weighted by Crippen LogP contribution is -2.32. The first-order valence-corrected chi connectivity index (χ1v) is 12.1. The third-order valence-electron chi connectivity index (χ3n) is 6.59. The zero-order valence-electron chi connectivity index (χ0n) is 20.7. The number of nitrogens with zero attached hydrogens (tertiary/aromatic N) is 6. The summed E-state index contributed by atoms with van der Waals surface area (Å²) in [5, 5.41) is 13.6. The molecule has 5 aromatic rings. The molecule has 9 nitrogen and oxygen atoms in total. The fourth-order valence-electron chi connectivity index (χ4n) is 4.58. The molecule has 0 saturated carbocycles. The Morgan fingerprint density at radius 1 is 1.11 bits per heavy atom. The number of hydrogen-bond donors (Lipinski definition) is 1. The van der Waals surface area contributed by atoms with Crippen molar-refractivity contribution < 1.29 is 4.42 Å². The number of aryl methyl sites for hydroxylation is 2. The van der Waals surface area contributed by atoms with Crippen molar-refractivity contribution in [2.75, 3.05) is 0 Å². The van der Waals surface area contributed by atoms with Gasteiger partial charge in [0, 0.05) is 36.6 Å². The molecule has 1 N–H and O–H groups in total. The summed E-state index contributed by atoms with van der Waals surface area (Å²) in [7, 11) is 0. The van der Waals surface area contributed by atoms with Crippen LogP contribution < -0.4 is 5.56 Å². The van der Waals surface area contributed by atoms with Crippen LogP contribution in [0.25, 0.3) is 10.9 Å². The SMILES string of the molecule is CC[C@@H](c1nnnn1Cc1ccco1)N(Cc1cccnc1)Cc1cc2cc(C)c(C)cc2[nH]c1=O. The van der Waals surface area contributed by atoms with Crippen LogP contribution in [0.3, 0.4) is 0 Å². The average Bonchev–Trinajstić information content (AvgIpc) is 3.55. The maximum absolute atomic E-state index is 13.1. The zero-order chi connectivity index (χ0) is 25.1. The Bertz CT molecular complexity index is 1510. The second-order valence-electron chi connectivity index (χ2n) is 9.11. The molecule has 0 aliphatic carbocycles. The third kappa shape index (κ3) is 4.96. The number of aromatic nitrogens is 6. The molecule has 4 heterocycles. The first-order chi connectivity index (χ1) is 17.5. The smallest absolute Gasteiger partial charge is 0.252 e. The molecular weight excluding hydrogens is 454 g/mol. The molecule has 5 rings (SSSR count). The summed E-state index contributed by atoms with van der Waals surface area (Å²) in [6.45, 7) is 7.69. The van der Waals surface area contributed by atoms with Gasteiger partial charge >= 0.3 is 0 Å². The molecule has 0 amide bonds. The molecule has 0 unspecified atom stereocenters. The lowest BCUT2D eigenvalue weighted by molar-refractivity contribution is 0.160. The molecule has 0 spiro atoms. The number of fused-ring (bicyclic) bond motifs is 1. The molecule has 1 aromatic carbocycles. The number of tetrazole rings is 1. The van der Waals surface area contributed by atoms with Crippen molar-refractivity contribution in [1.29, 1.82) is 0 Å². The normalized spacial score (nSPS) is 12.4. The standard InChI is InChI=1S/C27H29N7O2/c1-4-25(26-30-31-32-34(26)17-23-8-6-10-36-23)33(15-20-7-5-9-28-14-20)16-22-13-21-11-18(2)19(3)12-24(21)29-27(22)35/h5-14,25H,4,15-17H2,1-3H3,(H,29,35)/t25-/m0/s1. The van der Waals surface area contributed by atoms with Crippen molar-refractivity contribution in [3.8, 4) is 0 Å². The highest BCUT2D eigenvalue weighted by molar-refractivity contribution is 5.80. The van der Waals surface area contributed by atoms with E-state index in [1.54, 1.807) is 17.1 Å². The largest absolute Gasteiger partial charge is 0.467 e. The van der Waals surface area contributed by atoms with Crippen molar-refractivity contribution >= 4 is 10.9 Å². The zero-order valence-corrected chi connectivity index (χ0v) is 20.7. The first-order valence-electron chi connectivity index (χ1n) is 12.1. The molecule has 0 fully saturated rings. The first kappa shape index (κ1) is 23.6. The monoisotopic (exact) mass is 483 g/mol. The van der Waals surface area contributed by atoms with E-state index in [2.05, 4.69) is 57.2 Å². The van der Waals surface area contributed by atoms with Gasteiger partial charge in [-0.25, -0.2) is 4.68 Å². The number of H-pyrrole nitrogens is 1. The minimum absolute atomic E-state index is 0.0908. The molecule has 4 aromatic heterocycles. The Kier molecular flexibility index (Phi) is 6.73. The van der Waals surface area contributed by atoms with Gasteiger partial charge < -0.3 is 9.40 Å². The molecule has 0 bridgehead atoms. The van der Waals surface area contributed by atoms with Crippen LogP contribution in [0.4, 0.5) is 0 Å². The van der Waals surface area contributed by atoms with Crippen molar-refractivity contribution in [2.24, 2.45) is 0 Å². The molecule has 0 saturated heterocycles. The Labute approximate surface area is 208 Å². The van der Waals surface area contributed by atoms with Gasteiger partial charge in [-0.05, 0) is 89.2 Å². The fraction of sp³-hybridized carbons (Fsp3) is 0.296. The summed E-state index contributed by atoms with van der Waals surface area (Å²) in [5.74, 6) is 1.50. The minimum Gasteiger partial charge on any atom is -0.467 e. The van der Waals surface area contributed by atoms with Gasteiger partial charge in [0.25, 0.3) is 5.56 Å². The van der Waals surface area contributed by atoms with Crippen LogP contribution >= 0.6 is 0 Å². The Morgan fingerprint density at radius 3 is 2.72 bits per heavy atom. The van der Waals surface area contributed by atoms with Gasteiger partial charge in [-0.15, -0.1) is 5.10 Å². The molecule has 9 heteroatoms. The maximum Gasteiger partial charge on any atom is 0.252 e. The van der Waals surface area contributed by atoms with Crippen molar-refractivity contribution in [2.45, 2.75) is 52.9 Å². The molecule has 1 atom stereocenters. The lowest BCUT2D eigenvalue weighted by atomic mass is 10.0. The summed E-state index contributed by atoms with van der Waals surface area (Å²) in [6, 6.07) is 13.7. The lowest BCUT2D eigenvalue weighted by Gasteiger charge is -2.30. The van der Waals surface area contributed by atoms with Crippen molar-refractivity contribution in [1.82, 2.24) is 35.1 Å². The predicted octanol–water partition coefficient (Wildman–Crippen LogP) is 4.32. The number of aromatic amines is 1. The van der Waals surface area contributed by atoms with E-state index in [-0.39, 0.29) is 11.6 Å². The summed E-state index contributed by atoms with van der Waals surface area (Å²) < 4.78 is 7.28. The number of furan rings is 1. The highest BCUT2D eigenvalue weighted by atomic mass is 16.3. The quantitative estimate of drug-likeness (QED) is 0.333. The number of rotatable bonds is 9. The number of benzene rings is 1. The molecule has 184 valence electrons. The van der Waals surface area contributed by atoms with Gasteiger partial charge in [0.05, 0.1) is 12.3 Å². The second-order valence-corrected chi connectivity index (χ2v) is 9.11. The van der Waals surface area contributed by atoms with Crippen LogP contribution in [0.5, 0.6) is 0 Å². The van der Waals surface area contributed by atoms with Gasteiger partial charge in [-0.2, -0.15) is 0 Å².